The summed E-state index contributed by atoms with van der Waals surface area (Å²) >= 11 is 2.76. The molecule has 2 aromatic carbocycles. The minimum absolute atomic E-state index is 0.234. The van der Waals surface area contributed by atoms with E-state index < -0.39 is 23.6 Å². The maximum absolute atomic E-state index is 13.8. The van der Waals surface area contributed by atoms with Crippen molar-refractivity contribution in [3.8, 4) is 9.75 Å². The summed E-state index contributed by atoms with van der Waals surface area (Å²) in [5.74, 6) is -2.57. The number of carboxylic acids is 1. The molecule has 0 fully saturated rings. The van der Waals surface area contributed by atoms with Crippen LogP contribution in [0.4, 0.5) is 8.78 Å². The highest BCUT2D eigenvalue weighted by molar-refractivity contribution is 7.22. The topological polar surface area (TPSA) is 75.3 Å². The Hall–Kier alpha value is -2.91. The summed E-state index contributed by atoms with van der Waals surface area (Å²) in [6.07, 6.45) is 1.19. The number of hydrogen-bond acceptors (Lipinski definition) is 5. The molecule has 0 bridgehead atoms. The van der Waals surface area contributed by atoms with Crippen molar-refractivity contribution in [2.75, 3.05) is 6.54 Å². The molecule has 0 spiro atoms. The quantitative estimate of drug-likeness (QED) is 0.210. The van der Waals surface area contributed by atoms with Crippen LogP contribution in [0.1, 0.15) is 44.8 Å². The summed E-state index contributed by atoms with van der Waals surface area (Å²) in [4.78, 5) is 13.9. The van der Waals surface area contributed by atoms with E-state index in [4.69, 9.17) is 5.73 Å². The number of thiophene rings is 2. The Balaban J connectivity index is 1.65. The summed E-state index contributed by atoms with van der Waals surface area (Å²) in [6, 6.07) is 16.8. The molecule has 0 amide bonds. The number of nitrogens with one attached hydrogen (secondary N) is 1. The van der Waals surface area contributed by atoms with Crippen LogP contribution in [-0.2, 0) is 19.4 Å². The molecule has 4 N–H and O–H groups in total. The lowest BCUT2D eigenvalue weighted by Gasteiger charge is -2.25. The molecular weight excluding hydrogens is 498 g/mol. The number of nitrogens with two attached hydrogens (primary N) is 1. The van der Waals surface area contributed by atoms with Crippen LogP contribution in [0.2, 0.25) is 0 Å². The van der Waals surface area contributed by atoms with Gasteiger partial charge in [-0.25, -0.2) is 13.6 Å². The second-order valence-electron chi connectivity index (χ2n) is 8.73. The normalized spacial score (nSPS) is 13.0. The molecule has 0 radical (unpaired) electrons. The lowest BCUT2D eigenvalue weighted by atomic mass is 9.87. The standard InChI is InChI=1S/C28H28F2N2O2S2/c1-2-17-5-3-6-18(9-17)15-32-16-23(24(31)12-19-10-20(29)13-21(30)11-19)22-14-26(28(33)34)36-27(22)25-7-4-8-35-25/h3-11,13-14,23-24,32H,2,12,15-16,31H2,1H3,(H,33,34)/t23-,24-/m0/s1. The number of aryl methyl sites for hydroxylation is 1. The first-order valence-electron chi connectivity index (χ1n) is 11.7. The van der Waals surface area contributed by atoms with Gasteiger partial charge in [-0.2, -0.15) is 0 Å². The number of hydrogen-bond donors (Lipinski definition) is 3. The third-order valence-corrected chi connectivity index (χ3v) is 8.31. The van der Waals surface area contributed by atoms with Crippen molar-refractivity contribution < 1.29 is 18.7 Å². The first kappa shape index (κ1) is 26.2. The van der Waals surface area contributed by atoms with Crippen molar-refractivity contribution in [2.24, 2.45) is 5.73 Å². The van der Waals surface area contributed by atoms with Gasteiger partial charge in [0.1, 0.15) is 16.5 Å². The fourth-order valence-corrected chi connectivity index (χ4v) is 6.30. The summed E-state index contributed by atoms with van der Waals surface area (Å²) in [5.41, 5.74) is 10.4. The number of benzene rings is 2. The predicted molar refractivity (Wildman–Crippen MR) is 143 cm³/mol. The van der Waals surface area contributed by atoms with E-state index in [0.29, 0.717) is 18.7 Å². The van der Waals surface area contributed by atoms with Crippen LogP contribution in [0.5, 0.6) is 0 Å². The van der Waals surface area contributed by atoms with Gasteiger partial charge in [0.25, 0.3) is 0 Å². The number of aromatic carboxylic acids is 1. The van der Waals surface area contributed by atoms with Crippen LogP contribution >= 0.6 is 22.7 Å². The number of carboxylic acid groups (broad SMARTS) is 1. The van der Waals surface area contributed by atoms with Gasteiger partial charge in [-0.1, -0.05) is 37.3 Å². The molecule has 2 heterocycles. The Morgan fingerprint density at radius 2 is 1.78 bits per heavy atom. The highest BCUT2D eigenvalue weighted by atomic mass is 32.1. The smallest absolute Gasteiger partial charge is 0.345 e. The van der Waals surface area contributed by atoms with E-state index in [0.717, 1.165) is 33.4 Å². The molecule has 188 valence electrons. The third-order valence-electron chi connectivity index (χ3n) is 6.12. The highest BCUT2D eigenvalue weighted by Crippen LogP contribution is 2.40. The molecule has 0 aliphatic heterocycles. The molecule has 4 aromatic rings. The zero-order valence-corrected chi connectivity index (χ0v) is 21.5. The monoisotopic (exact) mass is 526 g/mol. The molecule has 0 aliphatic carbocycles. The first-order chi connectivity index (χ1) is 17.3. The minimum atomic E-state index is -0.993. The van der Waals surface area contributed by atoms with E-state index >= 15 is 0 Å². The fourth-order valence-electron chi connectivity index (χ4n) is 4.35. The van der Waals surface area contributed by atoms with Gasteiger partial charge in [0.15, 0.2) is 0 Å². The highest BCUT2D eigenvalue weighted by Gasteiger charge is 2.27. The predicted octanol–water partition coefficient (Wildman–Crippen LogP) is 6.46. The maximum Gasteiger partial charge on any atom is 0.345 e. The van der Waals surface area contributed by atoms with Crippen molar-refractivity contribution in [3.05, 3.63) is 105 Å². The van der Waals surface area contributed by atoms with Gasteiger partial charge >= 0.3 is 5.97 Å². The Kier molecular flexibility index (Phi) is 8.64. The maximum atomic E-state index is 13.8. The number of halogens is 2. The number of rotatable bonds is 11. The van der Waals surface area contributed by atoms with Gasteiger partial charge in [-0.3, -0.25) is 0 Å². The Morgan fingerprint density at radius 3 is 2.44 bits per heavy atom. The molecule has 0 aliphatic rings. The Bertz CT molecular complexity index is 1300. The molecule has 8 heteroatoms. The van der Waals surface area contributed by atoms with Crippen molar-refractivity contribution in [3.63, 3.8) is 0 Å². The summed E-state index contributed by atoms with van der Waals surface area (Å²) in [5, 5.41) is 15.1. The Morgan fingerprint density at radius 1 is 1.03 bits per heavy atom. The van der Waals surface area contributed by atoms with Crippen molar-refractivity contribution in [1.82, 2.24) is 5.32 Å². The molecule has 2 aromatic heterocycles. The van der Waals surface area contributed by atoms with E-state index in [1.807, 2.05) is 23.6 Å². The molecular formula is C28H28F2N2O2S2. The average molecular weight is 527 g/mol. The van der Waals surface area contributed by atoms with Gasteiger partial charge in [-0.05, 0) is 64.7 Å². The molecule has 0 saturated heterocycles. The van der Waals surface area contributed by atoms with E-state index in [2.05, 4.69) is 30.4 Å². The largest absolute Gasteiger partial charge is 0.477 e. The third kappa shape index (κ3) is 6.44. The molecule has 4 rings (SSSR count). The Labute approximate surface area is 217 Å². The van der Waals surface area contributed by atoms with Gasteiger partial charge in [0, 0.05) is 40.9 Å². The lowest BCUT2D eigenvalue weighted by Crippen LogP contribution is -2.37. The van der Waals surface area contributed by atoms with Gasteiger partial charge in [0.2, 0.25) is 0 Å². The van der Waals surface area contributed by atoms with Crippen LogP contribution in [0, 0.1) is 11.6 Å². The van der Waals surface area contributed by atoms with Gasteiger partial charge < -0.3 is 16.2 Å². The molecule has 2 atom stereocenters. The summed E-state index contributed by atoms with van der Waals surface area (Å²) < 4.78 is 27.7. The minimum Gasteiger partial charge on any atom is -0.477 e. The van der Waals surface area contributed by atoms with Crippen molar-refractivity contribution >= 4 is 28.6 Å². The molecule has 36 heavy (non-hydrogen) atoms. The van der Waals surface area contributed by atoms with Crippen LogP contribution in [0.3, 0.4) is 0 Å². The molecule has 0 saturated carbocycles. The lowest BCUT2D eigenvalue weighted by molar-refractivity contribution is 0.0702. The van der Waals surface area contributed by atoms with Gasteiger partial charge in [0.05, 0.1) is 0 Å². The average Bonchev–Trinajstić information content (AvgIpc) is 3.51. The van der Waals surface area contributed by atoms with Crippen LogP contribution in [0.25, 0.3) is 9.75 Å². The second-order valence-corrected chi connectivity index (χ2v) is 10.7. The van der Waals surface area contributed by atoms with Gasteiger partial charge in [-0.15, -0.1) is 22.7 Å². The zero-order chi connectivity index (χ0) is 25.7. The second kappa shape index (κ2) is 11.9. The van der Waals surface area contributed by atoms with E-state index in [-0.39, 0.29) is 17.2 Å². The number of carbonyl (C=O) groups is 1. The summed E-state index contributed by atoms with van der Waals surface area (Å²) in [7, 11) is 0. The summed E-state index contributed by atoms with van der Waals surface area (Å²) in [6.45, 7) is 3.21. The first-order valence-corrected chi connectivity index (χ1v) is 13.4. The SMILES string of the molecule is CCc1cccc(CNC[C@@H](c2cc(C(=O)O)sc2-c2cccs2)[C@@H](N)Cc2cc(F)cc(F)c2)c1. The fraction of sp³-hybridized carbons (Fsp3) is 0.250. The van der Waals surface area contributed by atoms with E-state index in [1.54, 1.807) is 6.07 Å². The van der Waals surface area contributed by atoms with Crippen molar-refractivity contribution in [2.45, 2.75) is 38.3 Å². The van der Waals surface area contributed by atoms with E-state index in [1.165, 1.54) is 40.4 Å². The van der Waals surface area contributed by atoms with Crippen LogP contribution in [0.15, 0.2) is 66.0 Å². The zero-order valence-electron chi connectivity index (χ0n) is 19.8. The van der Waals surface area contributed by atoms with Crippen LogP contribution in [-0.4, -0.2) is 23.7 Å². The van der Waals surface area contributed by atoms with E-state index in [9.17, 15) is 18.7 Å². The van der Waals surface area contributed by atoms with Crippen molar-refractivity contribution in [1.29, 1.82) is 0 Å². The molecule has 4 nitrogen and oxygen atoms in total. The molecule has 0 unspecified atom stereocenters. The van der Waals surface area contributed by atoms with Crippen LogP contribution < -0.4 is 11.1 Å².